The standard InChI is InChI=1S/C21H18ClFN2O3S2/c22-16-3-1-2-15(12-16)13-29-14-21(26)24-18-8-10-20(11-9-18)30(27,28)25-19-6-4-17(23)5-7-19/h1-12,25H,13-14H2,(H,24,26). The van der Waals surface area contributed by atoms with Gasteiger partial charge in [-0.2, -0.15) is 0 Å². The molecule has 0 radical (unpaired) electrons. The van der Waals surface area contributed by atoms with Crippen LogP contribution in [0, 0.1) is 5.82 Å². The molecule has 3 aromatic carbocycles. The van der Waals surface area contributed by atoms with E-state index in [4.69, 9.17) is 11.6 Å². The van der Waals surface area contributed by atoms with Gasteiger partial charge >= 0.3 is 0 Å². The van der Waals surface area contributed by atoms with Crippen LogP contribution >= 0.6 is 23.4 Å². The van der Waals surface area contributed by atoms with Gasteiger partial charge in [-0.05, 0) is 66.2 Å². The molecule has 0 heterocycles. The molecule has 0 aliphatic rings. The molecule has 9 heteroatoms. The Hall–Kier alpha value is -2.55. The highest BCUT2D eigenvalue weighted by Crippen LogP contribution is 2.20. The molecule has 0 saturated carbocycles. The molecule has 0 fully saturated rings. The van der Waals surface area contributed by atoms with Crippen LogP contribution in [-0.2, 0) is 20.6 Å². The molecule has 0 saturated heterocycles. The number of nitrogens with one attached hydrogen (secondary N) is 2. The Morgan fingerprint density at radius 1 is 0.967 bits per heavy atom. The molecular weight excluding hydrogens is 447 g/mol. The molecule has 5 nitrogen and oxygen atoms in total. The number of halogens is 2. The Bertz CT molecular complexity index is 1120. The van der Waals surface area contributed by atoms with Gasteiger partial charge in [0.1, 0.15) is 5.82 Å². The summed E-state index contributed by atoms with van der Waals surface area (Å²) in [4.78, 5) is 12.1. The molecule has 0 spiro atoms. The van der Waals surface area contributed by atoms with E-state index in [1.165, 1.54) is 60.3 Å². The molecule has 0 aromatic heterocycles. The average Bonchev–Trinajstić information content (AvgIpc) is 2.70. The minimum Gasteiger partial charge on any atom is -0.325 e. The fraction of sp³-hybridized carbons (Fsp3) is 0.0952. The molecule has 2 N–H and O–H groups in total. The van der Waals surface area contributed by atoms with Gasteiger partial charge in [0.2, 0.25) is 5.91 Å². The van der Waals surface area contributed by atoms with Crippen LogP contribution in [0.25, 0.3) is 0 Å². The molecule has 0 unspecified atom stereocenters. The molecule has 0 atom stereocenters. The molecule has 3 aromatic rings. The highest BCUT2D eigenvalue weighted by Gasteiger charge is 2.14. The van der Waals surface area contributed by atoms with Gasteiger partial charge in [-0.25, -0.2) is 12.8 Å². The van der Waals surface area contributed by atoms with E-state index < -0.39 is 15.8 Å². The number of carbonyl (C=O) groups is 1. The number of carbonyl (C=O) groups excluding carboxylic acids is 1. The van der Waals surface area contributed by atoms with Crippen molar-refractivity contribution in [3.8, 4) is 0 Å². The number of hydrogen-bond acceptors (Lipinski definition) is 4. The molecule has 30 heavy (non-hydrogen) atoms. The Kier molecular flexibility index (Phi) is 7.36. The minimum atomic E-state index is -3.82. The van der Waals surface area contributed by atoms with E-state index in [9.17, 15) is 17.6 Å². The van der Waals surface area contributed by atoms with Gasteiger partial charge < -0.3 is 5.32 Å². The summed E-state index contributed by atoms with van der Waals surface area (Å²) in [5, 5.41) is 3.39. The number of benzene rings is 3. The summed E-state index contributed by atoms with van der Waals surface area (Å²) in [6.45, 7) is 0. The van der Waals surface area contributed by atoms with Crippen molar-refractivity contribution in [1.29, 1.82) is 0 Å². The topological polar surface area (TPSA) is 75.3 Å². The normalized spacial score (nSPS) is 11.1. The molecular formula is C21H18ClFN2O3S2. The second-order valence-corrected chi connectivity index (χ2v) is 9.41. The monoisotopic (exact) mass is 464 g/mol. The predicted molar refractivity (Wildman–Crippen MR) is 120 cm³/mol. The zero-order valence-electron chi connectivity index (χ0n) is 15.6. The van der Waals surface area contributed by atoms with Crippen LogP contribution in [0.5, 0.6) is 0 Å². The highest BCUT2D eigenvalue weighted by atomic mass is 35.5. The van der Waals surface area contributed by atoms with Crippen LogP contribution in [0.4, 0.5) is 15.8 Å². The van der Waals surface area contributed by atoms with Gasteiger partial charge in [0.25, 0.3) is 10.0 Å². The fourth-order valence-electron chi connectivity index (χ4n) is 2.53. The van der Waals surface area contributed by atoms with Gasteiger partial charge in [-0.1, -0.05) is 23.7 Å². The van der Waals surface area contributed by atoms with Crippen molar-refractivity contribution in [2.45, 2.75) is 10.6 Å². The zero-order chi connectivity index (χ0) is 21.6. The summed E-state index contributed by atoms with van der Waals surface area (Å²) in [6, 6.07) is 18.3. The van der Waals surface area contributed by atoms with Gasteiger partial charge in [0.15, 0.2) is 0 Å². The quantitative estimate of drug-likeness (QED) is 0.483. The van der Waals surface area contributed by atoms with Crippen LogP contribution < -0.4 is 10.0 Å². The van der Waals surface area contributed by atoms with Gasteiger partial charge in [0.05, 0.1) is 10.6 Å². The SMILES string of the molecule is O=C(CSCc1cccc(Cl)c1)Nc1ccc(S(=O)(=O)Nc2ccc(F)cc2)cc1. The number of amides is 1. The maximum absolute atomic E-state index is 13.0. The molecule has 3 rings (SSSR count). The molecule has 1 amide bonds. The number of rotatable bonds is 8. The van der Waals surface area contributed by atoms with Gasteiger partial charge in [0, 0.05) is 22.2 Å². The van der Waals surface area contributed by atoms with E-state index in [-0.39, 0.29) is 22.2 Å². The van der Waals surface area contributed by atoms with Crippen molar-refractivity contribution >= 4 is 50.7 Å². The van der Waals surface area contributed by atoms with Crippen LogP contribution in [-0.4, -0.2) is 20.1 Å². The first-order valence-corrected chi connectivity index (χ1v) is 11.8. The zero-order valence-corrected chi connectivity index (χ0v) is 18.0. The van der Waals surface area contributed by atoms with Crippen LogP contribution in [0.1, 0.15) is 5.56 Å². The fourth-order valence-corrected chi connectivity index (χ4v) is 4.58. The summed E-state index contributed by atoms with van der Waals surface area (Å²) >= 11 is 7.39. The second kappa shape index (κ2) is 9.97. The summed E-state index contributed by atoms with van der Waals surface area (Å²) in [5.41, 5.74) is 1.78. The van der Waals surface area contributed by atoms with E-state index in [2.05, 4.69) is 10.0 Å². The maximum Gasteiger partial charge on any atom is 0.261 e. The predicted octanol–water partition coefficient (Wildman–Crippen LogP) is 5.15. The van der Waals surface area contributed by atoms with Crippen molar-refractivity contribution in [3.63, 3.8) is 0 Å². The van der Waals surface area contributed by atoms with E-state index in [1.807, 2.05) is 18.2 Å². The Labute approximate surface area is 183 Å². The van der Waals surface area contributed by atoms with E-state index in [0.717, 1.165) is 5.56 Å². The average molecular weight is 465 g/mol. The van der Waals surface area contributed by atoms with E-state index >= 15 is 0 Å². The Morgan fingerprint density at radius 2 is 1.63 bits per heavy atom. The van der Waals surface area contributed by atoms with Crippen molar-refractivity contribution in [3.05, 3.63) is 89.2 Å². The third-order valence-electron chi connectivity index (χ3n) is 3.94. The van der Waals surface area contributed by atoms with Crippen molar-refractivity contribution < 1.29 is 17.6 Å². The lowest BCUT2D eigenvalue weighted by Crippen LogP contribution is -2.15. The molecule has 0 aliphatic carbocycles. The number of sulfonamides is 1. The Balaban J connectivity index is 1.53. The van der Waals surface area contributed by atoms with Gasteiger partial charge in [-0.3, -0.25) is 9.52 Å². The van der Waals surface area contributed by atoms with E-state index in [0.29, 0.717) is 16.5 Å². The lowest BCUT2D eigenvalue weighted by atomic mass is 10.2. The third-order valence-corrected chi connectivity index (χ3v) is 6.57. The maximum atomic E-state index is 13.0. The van der Waals surface area contributed by atoms with Crippen molar-refractivity contribution in [2.75, 3.05) is 15.8 Å². The largest absolute Gasteiger partial charge is 0.325 e. The van der Waals surface area contributed by atoms with Crippen molar-refractivity contribution in [1.82, 2.24) is 0 Å². The summed E-state index contributed by atoms with van der Waals surface area (Å²) in [6.07, 6.45) is 0. The number of anilines is 2. The van der Waals surface area contributed by atoms with E-state index in [1.54, 1.807) is 6.07 Å². The van der Waals surface area contributed by atoms with Crippen molar-refractivity contribution in [2.24, 2.45) is 0 Å². The first-order valence-electron chi connectivity index (χ1n) is 8.82. The minimum absolute atomic E-state index is 0.0279. The highest BCUT2D eigenvalue weighted by molar-refractivity contribution is 7.99. The third kappa shape index (κ3) is 6.48. The smallest absolute Gasteiger partial charge is 0.261 e. The molecule has 156 valence electrons. The lowest BCUT2D eigenvalue weighted by molar-refractivity contribution is -0.113. The number of hydrogen-bond donors (Lipinski definition) is 2. The van der Waals surface area contributed by atoms with Gasteiger partial charge in [-0.15, -0.1) is 11.8 Å². The first-order chi connectivity index (χ1) is 14.3. The molecule has 0 aliphatic heterocycles. The summed E-state index contributed by atoms with van der Waals surface area (Å²) in [5.74, 6) is 0.254. The lowest BCUT2D eigenvalue weighted by Gasteiger charge is -2.09. The second-order valence-electron chi connectivity index (χ2n) is 6.31. The van der Waals surface area contributed by atoms with Crippen LogP contribution in [0.2, 0.25) is 5.02 Å². The van der Waals surface area contributed by atoms with Crippen LogP contribution in [0.15, 0.2) is 77.7 Å². The van der Waals surface area contributed by atoms with Crippen LogP contribution in [0.3, 0.4) is 0 Å². The number of thioether (sulfide) groups is 1. The Morgan fingerprint density at radius 3 is 2.30 bits per heavy atom. The summed E-state index contributed by atoms with van der Waals surface area (Å²) < 4.78 is 40.2. The summed E-state index contributed by atoms with van der Waals surface area (Å²) in [7, 11) is -3.82. The first kappa shape index (κ1) is 22.1. The molecule has 0 bridgehead atoms.